The van der Waals surface area contributed by atoms with Crippen LogP contribution in [-0.4, -0.2) is 53.4 Å². The maximum Gasteiger partial charge on any atom is 0.243 e. The molecule has 0 aliphatic carbocycles. The van der Waals surface area contributed by atoms with Gasteiger partial charge in [-0.25, -0.2) is 9.37 Å². The number of likely N-dealkylation sites (N-methyl/N-ethyl adjacent to an activating group) is 1. The van der Waals surface area contributed by atoms with Crippen molar-refractivity contribution < 1.29 is 9.18 Å². The highest BCUT2D eigenvalue weighted by molar-refractivity contribution is 7.13. The van der Waals surface area contributed by atoms with Crippen LogP contribution in [0.2, 0.25) is 0 Å². The second-order valence-corrected chi connectivity index (χ2v) is 7.28. The molecule has 2 aromatic rings. The fourth-order valence-corrected chi connectivity index (χ4v) is 3.68. The molecule has 1 aromatic carbocycles. The maximum atomic E-state index is 13.0. The number of thiazole rings is 1. The van der Waals surface area contributed by atoms with Crippen molar-refractivity contribution in [1.29, 1.82) is 0 Å². The molecule has 25 heavy (non-hydrogen) atoms. The summed E-state index contributed by atoms with van der Waals surface area (Å²) in [5, 5.41) is 5.42. The van der Waals surface area contributed by atoms with Gasteiger partial charge in [0.25, 0.3) is 0 Å². The third-order valence-corrected chi connectivity index (χ3v) is 5.15. The smallest absolute Gasteiger partial charge is 0.243 e. The van der Waals surface area contributed by atoms with E-state index in [1.54, 1.807) is 6.20 Å². The van der Waals surface area contributed by atoms with Crippen molar-refractivity contribution in [2.24, 2.45) is 0 Å². The number of halogens is 1. The zero-order chi connectivity index (χ0) is 17.6. The molecule has 3 rings (SSSR count). The lowest BCUT2D eigenvalue weighted by Gasteiger charge is -2.26. The van der Waals surface area contributed by atoms with E-state index in [-0.39, 0.29) is 17.8 Å². The third-order valence-electron chi connectivity index (χ3n) is 4.46. The Hall–Kier alpha value is -1.83. The quantitative estimate of drug-likeness (QED) is 0.823. The van der Waals surface area contributed by atoms with Gasteiger partial charge in [0.05, 0.1) is 6.04 Å². The van der Waals surface area contributed by atoms with Crippen LogP contribution in [0.4, 0.5) is 9.52 Å². The number of rotatable bonds is 7. The molecule has 0 radical (unpaired) electrons. The van der Waals surface area contributed by atoms with Gasteiger partial charge in [0.2, 0.25) is 5.91 Å². The normalized spacial score (nSPS) is 18.0. The molecule has 2 heterocycles. The molecule has 0 unspecified atom stereocenters. The SMILES string of the molecule is CN(CCN1CCC[C@H]1C(=O)Nc1nccs1)Cc1ccc(F)cc1. The van der Waals surface area contributed by atoms with E-state index in [9.17, 15) is 9.18 Å². The summed E-state index contributed by atoms with van der Waals surface area (Å²) in [6.07, 6.45) is 3.62. The Kier molecular flexibility index (Phi) is 6.12. The molecule has 134 valence electrons. The molecular weight excluding hydrogens is 339 g/mol. The Labute approximate surface area is 151 Å². The number of nitrogens with one attached hydrogen (secondary N) is 1. The minimum atomic E-state index is -0.211. The van der Waals surface area contributed by atoms with Crippen LogP contribution >= 0.6 is 11.3 Å². The molecule has 1 fully saturated rings. The maximum absolute atomic E-state index is 13.0. The number of benzene rings is 1. The van der Waals surface area contributed by atoms with Crippen LogP contribution in [0.3, 0.4) is 0 Å². The topological polar surface area (TPSA) is 48.5 Å². The number of carbonyl (C=O) groups excluding carboxylic acids is 1. The molecule has 5 nitrogen and oxygen atoms in total. The van der Waals surface area contributed by atoms with Crippen molar-refractivity contribution in [3.63, 3.8) is 0 Å². The van der Waals surface area contributed by atoms with Gasteiger partial charge in [-0.1, -0.05) is 12.1 Å². The minimum absolute atomic E-state index is 0.0358. The first-order valence-electron chi connectivity index (χ1n) is 8.49. The molecule has 0 bridgehead atoms. The standard InChI is InChI=1S/C18H23FN4OS/c1-22(13-14-4-6-15(19)7-5-14)10-11-23-9-2-3-16(23)17(24)21-18-20-8-12-25-18/h4-8,12,16H,2-3,9-11,13H2,1H3,(H,20,21,24)/t16-/m0/s1. The van der Waals surface area contributed by atoms with Crippen LogP contribution in [0.15, 0.2) is 35.8 Å². The summed E-state index contributed by atoms with van der Waals surface area (Å²) in [5.41, 5.74) is 1.09. The molecule has 7 heteroatoms. The first kappa shape index (κ1) is 18.0. The van der Waals surface area contributed by atoms with Crippen LogP contribution in [0.5, 0.6) is 0 Å². The molecule has 1 saturated heterocycles. The van der Waals surface area contributed by atoms with Crippen molar-refractivity contribution >= 4 is 22.4 Å². The number of aromatic nitrogens is 1. The summed E-state index contributed by atoms with van der Waals surface area (Å²) in [4.78, 5) is 21.0. The Bertz CT molecular complexity index is 677. The molecule has 1 aromatic heterocycles. The van der Waals surface area contributed by atoms with Gasteiger partial charge >= 0.3 is 0 Å². The van der Waals surface area contributed by atoms with Gasteiger partial charge in [-0.05, 0) is 44.1 Å². The first-order chi connectivity index (χ1) is 12.1. The van der Waals surface area contributed by atoms with E-state index in [0.717, 1.165) is 44.6 Å². The van der Waals surface area contributed by atoms with Gasteiger partial charge in [0, 0.05) is 31.2 Å². The summed E-state index contributed by atoms with van der Waals surface area (Å²) in [7, 11) is 2.05. The van der Waals surface area contributed by atoms with Crippen LogP contribution in [0.25, 0.3) is 0 Å². The van der Waals surface area contributed by atoms with E-state index in [4.69, 9.17) is 0 Å². The van der Waals surface area contributed by atoms with Crippen LogP contribution in [-0.2, 0) is 11.3 Å². The number of nitrogens with zero attached hydrogens (tertiary/aromatic N) is 3. The van der Waals surface area contributed by atoms with Crippen molar-refractivity contribution in [1.82, 2.24) is 14.8 Å². The number of anilines is 1. The second kappa shape index (κ2) is 8.51. The molecular formula is C18H23FN4OS. The van der Waals surface area contributed by atoms with Crippen molar-refractivity contribution in [2.45, 2.75) is 25.4 Å². The average molecular weight is 362 g/mol. The highest BCUT2D eigenvalue weighted by atomic mass is 32.1. The third kappa shape index (κ3) is 5.07. The molecule has 1 aliphatic rings. The lowest BCUT2D eigenvalue weighted by molar-refractivity contribution is -0.120. The van der Waals surface area contributed by atoms with Gasteiger partial charge in [-0.15, -0.1) is 11.3 Å². The Morgan fingerprint density at radius 2 is 2.24 bits per heavy atom. The van der Waals surface area contributed by atoms with Gasteiger partial charge in [-0.3, -0.25) is 9.69 Å². The molecule has 1 atom stereocenters. The summed E-state index contributed by atoms with van der Waals surface area (Å²) in [5.74, 6) is -0.175. The number of hydrogen-bond donors (Lipinski definition) is 1. The van der Waals surface area contributed by atoms with E-state index >= 15 is 0 Å². The largest absolute Gasteiger partial charge is 0.301 e. The number of likely N-dealkylation sites (tertiary alicyclic amines) is 1. The number of hydrogen-bond acceptors (Lipinski definition) is 5. The monoisotopic (exact) mass is 362 g/mol. The first-order valence-corrected chi connectivity index (χ1v) is 9.37. The van der Waals surface area contributed by atoms with Crippen molar-refractivity contribution in [3.8, 4) is 0 Å². The summed E-state index contributed by atoms with van der Waals surface area (Å²) >= 11 is 1.44. The predicted octanol–water partition coefficient (Wildman–Crippen LogP) is 2.82. The van der Waals surface area contributed by atoms with Crippen molar-refractivity contribution in [2.75, 3.05) is 32.0 Å². The van der Waals surface area contributed by atoms with E-state index in [2.05, 4.69) is 20.1 Å². The predicted molar refractivity (Wildman–Crippen MR) is 98.1 cm³/mol. The average Bonchev–Trinajstić information content (AvgIpc) is 3.26. The van der Waals surface area contributed by atoms with Gasteiger partial charge in [0.1, 0.15) is 5.82 Å². The Balaban J connectivity index is 1.47. The molecule has 1 amide bonds. The number of carbonyl (C=O) groups is 1. The lowest BCUT2D eigenvalue weighted by atomic mass is 10.2. The highest BCUT2D eigenvalue weighted by Gasteiger charge is 2.30. The van der Waals surface area contributed by atoms with E-state index in [0.29, 0.717) is 5.13 Å². The van der Waals surface area contributed by atoms with Crippen LogP contribution in [0, 0.1) is 5.82 Å². The van der Waals surface area contributed by atoms with Gasteiger partial charge in [-0.2, -0.15) is 0 Å². The number of amides is 1. The zero-order valence-electron chi connectivity index (χ0n) is 14.3. The van der Waals surface area contributed by atoms with E-state index in [1.807, 2.05) is 24.6 Å². The molecule has 1 aliphatic heterocycles. The molecule has 0 spiro atoms. The Morgan fingerprint density at radius 3 is 2.96 bits per heavy atom. The summed E-state index contributed by atoms with van der Waals surface area (Å²) < 4.78 is 13.0. The van der Waals surface area contributed by atoms with Crippen molar-refractivity contribution in [3.05, 3.63) is 47.2 Å². The highest BCUT2D eigenvalue weighted by Crippen LogP contribution is 2.20. The fourth-order valence-electron chi connectivity index (χ4n) is 3.14. The second-order valence-electron chi connectivity index (χ2n) is 6.38. The van der Waals surface area contributed by atoms with Gasteiger partial charge < -0.3 is 10.2 Å². The van der Waals surface area contributed by atoms with Gasteiger partial charge in [0.15, 0.2) is 5.13 Å². The fraction of sp³-hybridized carbons (Fsp3) is 0.444. The van der Waals surface area contributed by atoms with Crippen LogP contribution in [0.1, 0.15) is 18.4 Å². The lowest BCUT2D eigenvalue weighted by Crippen LogP contribution is -2.42. The summed E-state index contributed by atoms with van der Waals surface area (Å²) in [6, 6.07) is 6.52. The molecule has 0 saturated carbocycles. The minimum Gasteiger partial charge on any atom is -0.301 e. The van der Waals surface area contributed by atoms with Crippen LogP contribution < -0.4 is 5.32 Å². The zero-order valence-corrected chi connectivity index (χ0v) is 15.1. The van der Waals surface area contributed by atoms with E-state index < -0.39 is 0 Å². The summed E-state index contributed by atoms with van der Waals surface area (Å²) in [6.45, 7) is 3.41. The molecule has 1 N–H and O–H groups in total. The van der Waals surface area contributed by atoms with E-state index in [1.165, 1.54) is 23.5 Å². The Morgan fingerprint density at radius 1 is 1.44 bits per heavy atom.